The molecule has 3 nitrogen and oxygen atoms in total. The van der Waals surface area contributed by atoms with Crippen LogP contribution in [0.3, 0.4) is 0 Å². The molecule has 0 atom stereocenters. The second-order valence-corrected chi connectivity index (χ2v) is 3.46. The third-order valence-corrected chi connectivity index (χ3v) is 2.65. The first kappa shape index (κ1) is 7.25. The summed E-state index contributed by atoms with van der Waals surface area (Å²) >= 11 is 0. The van der Waals surface area contributed by atoms with Crippen LogP contribution in [0.5, 0.6) is 0 Å². The molecule has 0 bridgehead atoms. The Hall–Kier alpha value is -0.410. The van der Waals surface area contributed by atoms with Gasteiger partial charge in [0.1, 0.15) is 5.78 Å². The van der Waals surface area contributed by atoms with Crippen molar-refractivity contribution in [1.82, 2.24) is 5.32 Å². The molecule has 62 valence electrons. The fourth-order valence-electron chi connectivity index (χ4n) is 1.90. The summed E-state index contributed by atoms with van der Waals surface area (Å²) in [7, 11) is 0. The van der Waals surface area contributed by atoms with Crippen molar-refractivity contribution in [3.05, 3.63) is 0 Å². The summed E-state index contributed by atoms with van der Waals surface area (Å²) in [5.74, 6) is 0.354. The van der Waals surface area contributed by atoms with E-state index in [9.17, 15) is 4.79 Å². The minimum atomic E-state index is 0.120. The molecule has 2 heterocycles. The SMILES string of the molecule is O=C1CNC2(CCOCC2)C1. The molecule has 0 aromatic rings. The van der Waals surface area contributed by atoms with E-state index < -0.39 is 0 Å². The van der Waals surface area contributed by atoms with E-state index >= 15 is 0 Å². The van der Waals surface area contributed by atoms with E-state index in [1.807, 2.05) is 0 Å². The monoisotopic (exact) mass is 155 g/mol. The molecule has 1 spiro atoms. The van der Waals surface area contributed by atoms with Gasteiger partial charge in [-0.05, 0) is 12.8 Å². The van der Waals surface area contributed by atoms with Gasteiger partial charge in [0.2, 0.25) is 0 Å². The zero-order chi connectivity index (χ0) is 7.73. The van der Waals surface area contributed by atoms with Crippen LogP contribution in [0.15, 0.2) is 0 Å². The summed E-state index contributed by atoms with van der Waals surface area (Å²) in [4.78, 5) is 11.0. The smallest absolute Gasteiger partial charge is 0.148 e. The maximum Gasteiger partial charge on any atom is 0.148 e. The average Bonchev–Trinajstić information content (AvgIpc) is 2.34. The molecule has 0 radical (unpaired) electrons. The molecule has 0 unspecified atom stereocenters. The highest BCUT2D eigenvalue weighted by atomic mass is 16.5. The Morgan fingerprint density at radius 2 is 2.09 bits per heavy atom. The normalized spacial score (nSPS) is 29.6. The molecular weight excluding hydrogens is 142 g/mol. The lowest BCUT2D eigenvalue weighted by Crippen LogP contribution is -2.44. The summed E-state index contributed by atoms with van der Waals surface area (Å²) < 4.78 is 5.24. The molecule has 1 N–H and O–H groups in total. The van der Waals surface area contributed by atoms with Crippen molar-refractivity contribution in [1.29, 1.82) is 0 Å². The van der Waals surface area contributed by atoms with E-state index in [-0.39, 0.29) is 5.54 Å². The molecule has 2 aliphatic rings. The number of rotatable bonds is 0. The summed E-state index contributed by atoms with van der Waals surface area (Å²) in [5, 5.41) is 3.29. The molecule has 2 fully saturated rings. The quantitative estimate of drug-likeness (QED) is 0.539. The highest BCUT2D eigenvalue weighted by molar-refractivity contribution is 5.84. The largest absolute Gasteiger partial charge is 0.381 e. The number of ether oxygens (including phenoxy) is 1. The predicted molar refractivity (Wildman–Crippen MR) is 40.4 cm³/mol. The van der Waals surface area contributed by atoms with Crippen molar-refractivity contribution in [2.24, 2.45) is 0 Å². The third-order valence-electron chi connectivity index (χ3n) is 2.65. The number of Topliss-reactive ketones (excluding diaryl/α,β-unsaturated/α-hetero) is 1. The molecule has 0 aromatic carbocycles. The molecule has 2 aliphatic heterocycles. The van der Waals surface area contributed by atoms with Crippen LogP contribution in [-0.4, -0.2) is 31.1 Å². The number of ketones is 1. The molecule has 0 aromatic heterocycles. The van der Waals surface area contributed by atoms with Crippen LogP contribution in [0.4, 0.5) is 0 Å². The zero-order valence-corrected chi connectivity index (χ0v) is 6.56. The summed E-state index contributed by atoms with van der Waals surface area (Å²) in [6.07, 6.45) is 2.72. The average molecular weight is 155 g/mol. The minimum absolute atomic E-state index is 0.120. The molecule has 0 aliphatic carbocycles. The summed E-state index contributed by atoms with van der Waals surface area (Å²) in [6, 6.07) is 0. The first-order valence-electron chi connectivity index (χ1n) is 4.15. The minimum Gasteiger partial charge on any atom is -0.381 e. The van der Waals surface area contributed by atoms with Crippen LogP contribution in [0.1, 0.15) is 19.3 Å². The molecular formula is C8H13NO2. The molecule has 0 saturated carbocycles. The van der Waals surface area contributed by atoms with Gasteiger partial charge in [-0.2, -0.15) is 0 Å². The lowest BCUT2D eigenvalue weighted by atomic mass is 9.88. The predicted octanol–water partition coefficient (Wildman–Crippen LogP) is 0.0980. The van der Waals surface area contributed by atoms with Gasteiger partial charge in [0.15, 0.2) is 0 Å². The Balaban J connectivity index is 2.03. The first-order chi connectivity index (χ1) is 5.31. The Morgan fingerprint density at radius 3 is 2.64 bits per heavy atom. The molecule has 11 heavy (non-hydrogen) atoms. The molecule has 0 amide bonds. The fraction of sp³-hybridized carbons (Fsp3) is 0.875. The Kier molecular flexibility index (Phi) is 1.69. The van der Waals surface area contributed by atoms with Gasteiger partial charge in [0, 0.05) is 25.2 Å². The summed E-state index contributed by atoms with van der Waals surface area (Å²) in [6.45, 7) is 2.18. The Bertz CT molecular complexity index is 173. The highest BCUT2D eigenvalue weighted by Crippen LogP contribution is 2.27. The lowest BCUT2D eigenvalue weighted by Gasteiger charge is -2.32. The van der Waals surface area contributed by atoms with Crippen molar-refractivity contribution < 1.29 is 9.53 Å². The second-order valence-electron chi connectivity index (χ2n) is 3.46. The van der Waals surface area contributed by atoms with Gasteiger partial charge in [0.25, 0.3) is 0 Å². The third kappa shape index (κ3) is 1.30. The number of hydrogen-bond acceptors (Lipinski definition) is 3. The van der Waals surface area contributed by atoms with Gasteiger partial charge in [-0.25, -0.2) is 0 Å². The van der Waals surface area contributed by atoms with Gasteiger partial charge in [-0.15, -0.1) is 0 Å². The van der Waals surface area contributed by atoms with E-state index in [0.29, 0.717) is 12.3 Å². The van der Waals surface area contributed by atoms with Crippen LogP contribution in [0, 0.1) is 0 Å². The van der Waals surface area contributed by atoms with Crippen molar-refractivity contribution in [2.75, 3.05) is 19.8 Å². The van der Waals surface area contributed by atoms with E-state index in [1.54, 1.807) is 0 Å². The van der Waals surface area contributed by atoms with E-state index in [4.69, 9.17) is 4.74 Å². The second kappa shape index (κ2) is 2.57. The van der Waals surface area contributed by atoms with Crippen LogP contribution >= 0.6 is 0 Å². The Labute approximate surface area is 66.1 Å². The lowest BCUT2D eigenvalue weighted by molar-refractivity contribution is -0.117. The van der Waals surface area contributed by atoms with Crippen LogP contribution in [0.25, 0.3) is 0 Å². The van der Waals surface area contributed by atoms with Gasteiger partial charge in [-0.3, -0.25) is 4.79 Å². The highest BCUT2D eigenvalue weighted by Gasteiger charge is 2.38. The molecule has 3 heteroatoms. The van der Waals surface area contributed by atoms with Gasteiger partial charge >= 0.3 is 0 Å². The van der Waals surface area contributed by atoms with Gasteiger partial charge < -0.3 is 10.1 Å². The Morgan fingerprint density at radius 1 is 1.36 bits per heavy atom. The number of carbonyl (C=O) groups excluding carboxylic acids is 1. The number of hydrogen-bond donors (Lipinski definition) is 1. The first-order valence-corrected chi connectivity index (χ1v) is 4.15. The van der Waals surface area contributed by atoms with E-state index in [2.05, 4.69) is 5.32 Å². The van der Waals surface area contributed by atoms with Gasteiger partial charge in [0.05, 0.1) is 6.54 Å². The van der Waals surface area contributed by atoms with Crippen molar-refractivity contribution in [3.8, 4) is 0 Å². The van der Waals surface area contributed by atoms with E-state index in [0.717, 1.165) is 32.5 Å². The van der Waals surface area contributed by atoms with Crippen molar-refractivity contribution in [2.45, 2.75) is 24.8 Å². The van der Waals surface area contributed by atoms with Crippen LogP contribution < -0.4 is 5.32 Å². The van der Waals surface area contributed by atoms with Crippen molar-refractivity contribution in [3.63, 3.8) is 0 Å². The number of carbonyl (C=O) groups is 1. The van der Waals surface area contributed by atoms with Gasteiger partial charge in [-0.1, -0.05) is 0 Å². The number of nitrogens with one attached hydrogen (secondary N) is 1. The van der Waals surface area contributed by atoms with Crippen molar-refractivity contribution >= 4 is 5.78 Å². The molecule has 2 rings (SSSR count). The topological polar surface area (TPSA) is 38.3 Å². The van der Waals surface area contributed by atoms with E-state index in [1.165, 1.54) is 0 Å². The molecule has 2 saturated heterocycles. The maximum atomic E-state index is 11.0. The summed E-state index contributed by atoms with van der Waals surface area (Å²) in [5.41, 5.74) is 0.120. The fourth-order valence-corrected chi connectivity index (χ4v) is 1.90. The maximum absolute atomic E-state index is 11.0. The van der Waals surface area contributed by atoms with Crippen LogP contribution in [0.2, 0.25) is 0 Å². The van der Waals surface area contributed by atoms with Crippen LogP contribution in [-0.2, 0) is 9.53 Å². The standard InChI is InChI=1S/C8H13NO2/c10-7-5-8(9-6-7)1-3-11-4-2-8/h9H,1-6H2. The zero-order valence-electron chi connectivity index (χ0n) is 6.56.